The highest BCUT2D eigenvalue weighted by Crippen LogP contribution is 2.35. The van der Waals surface area contributed by atoms with E-state index in [1.807, 2.05) is 49.4 Å². The monoisotopic (exact) mass is 443 g/mol. The lowest BCUT2D eigenvalue weighted by atomic mass is 10.1. The van der Waals surface area contributed by atoms with Crippen molar-refractivity contribution in [2.24, 2.45) is 0 Å². The van der Waals surface area contributed by atoms with Crippen molar-refractivity contribution in [3.8, 4) is 5.75 Å². The zero-order chi connectivity index (χ0) is 19.4. The van der Waals surface area contributed by atoms with E-state index in [0.717, 1.165) is 32.9 Å². The third-order valence-corrected chi connectivity index (χ3v) is 5.35. The van der Waals surface area contributed by atoms with E-state index in [4.69, 9.17) is 4.74 Å². The number of hydrogen-bond acceptors (Lipinski definition) is 4. The number of carbonyl (C=O) groups is 2. The molecule has 0 spiro atoms. The summed E-state index contributed by atoms with van der Waals surface area (Å²) in [4.78, 5) is 26.8. The first-order chi connectivity index (χ1) is 13.0. The molecule has 0 atom stereocenters. The number of thioether (sulfide) groups is 1. The van der Waals surface area contributed by atoms with Crippen LogP contribution in [-0.2, 0) is 11.3 Å². The van der Waals surface area contributed by atoms with Crippen molar-refractivity contribution >= 4 is 44.9 Å². The maximum atomic E-state index is 12.7. The molecule has 1 aliphatic heterocycles. The zero-order valence-corrected chi connectivity index (χ0v) is 17.2. The van der Waals surface area contributed by atoms with Gasteiger partial charge in [-0.05, 0) is 48.5 Å². The van der Waals surface area contributed by atoms with E-state index in [9.17, 15) is 9.59 Å². The molecule has 0 bridgehead atoms. The van der Waals surface area contributed by atoms with Crippen molar-refractivity contribution < 1.29 is 14.3 Å². The van der Waals surface area contributed by atoms with Crippen molar-refractivity contribution in [3.63, 3.8) is 0 Å². The first-order valence-corrected chi connectivity index (χ1v) is 9.93. The summed E-state index contributed by atoms with van der Waals surface area (Å²) in [5.41, 5.74) is 2.78. The fourth-order valence-electron chi connectivity index (χ4n) is 2.57. The summed E-state index contributed by atoms with van der Waals surface area (Å²) in [5, 5.41) is -0.268. The average Bonchev–Trinajstić information content (AvgIpc) is 2.90. The molecule has 0 aromatic heterocycles. The van der Waals surface area contributed by atoms with Crippen LogP contribution in [0.3, 0.4) is 0 Å². The van der Waals surface area contributed by atoms with E-state index in [-0.39, 0.29) is 17.7 Å². The Morgan fingerprint density at radius 1 is 1.19 bits per heavy atom. The molecular formula is C21H18BrNO3S. The van der Waals surface area contributed by atoms with Crippen LogP contribution in [0.1, 0.15) is 16.7 Å². The highest BCUT2D eigenvalue weighted by molar-refractivity contribution is 9.10. The second kappa shape index (κ2) is 8.59. The van der Waals surface area contributed by atoms with E-state index in [1.165, 1.54) is 4.90 Å². The predicted molar refractivity (Wildman–Crippen MR) is 113 cm³/mol. The highest BCUT2D eigenvalue weighted by Gasteiger charge is 2.35. The molecule has 1 aliphatic rings. The molecule has 0 radical (unpaired) electrons. The van der Waals surface area contributed by atoms with Gasteiger partial charge >= 0.3 is 0 Å². The van der Waals surface area contributed by atoms with E-state index < -0.39 is 0 Å². The summed E-state index contributed by atoms with van der Waals surface area (Å²) in [6.45, 7) is 6.26. The van der Waals surface area contributed by atoms with Gasteiger partial charge in [-0.1, -0.05) is 58.4 Å². The van der Waals surface area contributed by atoms with Gasteiger partial charge in [-0.25, -0.2) is 0 Å². The molecule has 1 fully saturated rings. The van der Waals surface area contributed by atoms with Crippen LogP contribution in [0.25, 0.3) is 6.08 Å². The van der Waals surface area contributed by atoms with Crippen LogP contribution in [0, 0.1) is 6.92 Å². The molecule has 3 rings (SSSR count). The lowest BCUT2D eigenvalue weighted by Gasteiger charge is -2.12. The largest absolute Gasteiger partial charge is 0.489 e. The fourth-order valence-corrected chi connectivity index (χ4v) is 3.77. The van der Waals surface area contributed by atoms with Gasteiger partial charge in [0.15, 0.2) is 0 Å². The molecular weight excluding hydrogens is 426 g/mol. The Labute approximate surface area is 171 Å². The normalized spacial score (nSPS) is 15.5. The number of rotatable bonds is 6. The second-order valence-electron chi connectivity index (χ2n) is 6.04. The summed E-state index contributed by atoms with van der Waals surface area (Å²) in [7, 11) is 0. The van der Waals surface area contributed by atoms with E-state index >= 15 is 0 Å². The van der Waals surface area contributed by atoms with Crippen LogP contribution in [-0.4, -0.2) is 22.7 Å². The minimum absolute atomic E-state index is 0.264. The fraction of sp³-hybridized carbons (Fsp3) is 0.143. The van der Waals surface area contributed by atoms with Gasteiger partial charge in [-0.15, -0.1) is 0 Å². The van der Waals surface area contributed by atoms with Crippen LogP contribution < -0.4 is 4.74 Å². The average molecular weight is 444 g/mol. The number of hydrogen-bond donors (Lipinski definition) is 0. The number of aryl methyl sites for hydroxylation is 1. The van der Waals surface area contributed by atoms with Crippen LogP contribution in [0.15, 0.2) is 64.5 Å². The Hall–Kier alpha value is -2.31. The summed E-state index contributed by atoms with van der Waals surface area (Å²) >= 11 is 4.37. The molecule has 0 aliphatic carbocycles. The summed E-state index contributed by atoms with van der Waals surface area (Å²) in [6, 6.07) is 13.3. The Kier molecular flexibility index (Phi) is 6.19. The number of amides is 2. The molecule has 2 aromatic carbocycles. The predicted octanol–water partition coefficient (Wildman–Crippen LogP) is 5.56. The molecule has 1 heterocycles. The van der Waals surface area contributed by atoms with E-state index in [0.29, 0.717) is 17.3 Å². The van der Waals surface area contributed by atoms with Crippen molar-refractivity contribution in [1.82, 2.24) is 4.90 Å². The lowest BCUT2D eigenvalue weighted by Crippen LogP contribution is -2.27. The molecule has 0 N–H and O–H groups in total. The van der Waals surface area contributed by atoms with Gasteiger partial charge in [0.25, 0.3) is 11.1 Å². The molecule has 27 heavy (non-hydrogen) atoms. The quantitative estimate of drug-likeness (QED) is 0.433. The van der Waals surface area contributed by atoms with Crippen LogP contribution in [0.4, 0.5) is 4.79 Å². The van der Waals surface area contributed by atoms with Gasteiger partial charge in [0.05, 0.1) is 11.4 Å². The Balaban J connectivity index is 1.85. The van der Waals surface area contributed by atoms with Crippen molar-refractivity contribution in [1.29, 1.82) is 0 Å². The van der Waals surface area contributed by atoms with Gasteiger partial charge in [0, 0.05) is 10.0 Å². The smallest absolute Gasteiger partial charge is 0.293 e. The Morgan fingerprint density at radius 3 is 2.63 bits per heavy atom. The third-order valence-electron chi connectivity index (χ3n) is 3.95. The van der Waals surface area contributed by atoms with Gasteiger partial charge in [0.1, 0.15) is 12.4 Å². The topological polar surface area (TPSA) is 46.6 Å². The first kappa shape index (κ1) is 19.5. The molecule has 2 amide bonds. The molecule has 6 heteroatoms. The van der Waals surface area contributed by atoms with Gasteiger partial charge in [-0.2, -0.15) is 0 Å². The number of ether oxygens (including phenoxy) is 1. The standard InChI is InChI=1S/C21H18BrNO3S/c1-3-10-26-18-9-8-17(22)11-16(18)12-19-20(24)23(21(25)27-19)13-15-6-4-14(2)5-7-15/h3-9,11-12H,1,10,13H2,2H3/b19-12+. The maximum absolute atomic E-state index is 12.7. The number of benzene rings is 2. The maximum Gasteiger partial charge on any atom is 0.293 e. The number of carbonyl (C=O) groups excluding carboxylic acids is 2. The molecule has 4 nitrogen and oxygen atoms in total. The van der Waals surface area contributed by atoms with Crippen LogP contribution in [0.5, 0.6) is 5.75 Å². The van der Waals surface area contributed by atoms with Crippen LogP contribution in [0.2, 0.25) is 0 Å². The summed E-state index contributed by atoms with van der Waals surface area (Å²) in [6.07, 6.45) is 3.35. The number of halogens is 1. The molecule has 0 saturated carbocycles. The molecule has 1 saturated heterocycles. The molecule has 138 valence electrons. The highest BCUT2D eigenvalue weighted by atomic mass is 79.9. The minimum Gasteiger partial charge on any atom is -0.489 e. The van der Waals surface area contributed by atoms with Gasteiger partial charge in [-0.3, -0.25) is 14.5 Å². The molecule has 2 aromatic rings. The summed E-state index contributed by atoms with van der Waals surface area (Å²) in [5.74, 6) is 0.337. The van der Waals surface area contributed by atoms with Gasteiger partial charge < -0.3 is 4.74 Å². The number of imide groups is 1. The van der Waals surface area contributed by atoms with E-state index in [1.54, 1.807) is 12.2 Å². The Bertz CT molecular complexity index is 922. The third kappa shape index (κ3) is 4.70. The van der Waals surface area contributed by atoms with E-state index in [2.05, 4.69) is 22.5 Å². The van der Waals surface area contributed by atoms with Crippen molar-refractivity contribution in [2.75, 3.05) is 6.61 Å². The van der Waals surface area contributed by atoms with Crippen molar-refractivity contribution in [2.45, 2.75) is 13.5 Å². The number of nitrogens with zero attached hydrogens (tertiary/aromatic N) is 1. The summed E-state index contributed by atoms with van der Waals surface area (Å²) < 4.78 is 6.50. The first-order valence-electron chi connectivity index (χ1n) is 8.32. The second-order valence-corrected chi connectivity index (χ2v) is 7.94. The SMILES string of the molecule is C=CCOc1ccc(Br)cc1/C=C1/SC(=O)N(Cc2ccc(C)cc2)C1=O. The van der Waals surface area contributed by atoms with Gasteiger partial charge in [0.2, 0.25) is 0 Å². The minimum atomic E-state index is -0.291. The van der Waals surface area contributed by atoms with Crippen molar-refractivity contribution in [3.05, 3.63) is 81.2 Å². The molecule has 0 unspecified atom stereocenters. The zero-order valence-electron chi connectivity index (χ0n) is 14.8. The lowest BCUT2D eigenvalue weighted by molar-refractivity contribution is -0.123. The Morgan fingerprint density at radius 2 is 1.93 bits per heavy atom. The van der Waals surface area contributed by atoms with Crippen LogP contribution >= 0.6 is 27.7 Å².